The van der Waals surface area contributed by atoms with E-state index in [9.17, 15) is 0 Å². The van der Waals surface area contributed by atoms with E-state index in [2.05, 4.69) is 53.9 Å². The van der Waals surface area contributed by atoms with Gasteiger partial charge in [-0.2, -0.15) is 0 Å². The van der Waals surface area contributed by atoms with Crippen LogP contribution in [0.15, 0.2) is 48.0 Å². The smallest absolute Gasteiger partial charge is 0.191 e. The van der Waals surface area contributed by atoms with Gasteiger partial charge in [0, 0.05) is 24.2 Å². The standard InChI is InChI=1S/C21H22N4OS.C2H6/c1-5-17-20(25-12-14(2)6-11-19(25)22-17)24(3)21-23-18(13-27-21)15-7-9-16(26-4)10-8-15;1-2/h6-13H,5H2,1-4H3;1-2H3. The van der Waals surface area contributed by atoms with E-state index in [1.807, 2.05) is 38.1 Å². The molecular weight excluding hydrogens is 380 g/mol. The van der Waals surface area contributed by atoms with Gasteiger partial charge in [-0.15, -0.1) is 11.3 Å². The van der Waals surface area contributed by atoms with Gasteiger partial charge < -0.3 is 9.64 Å². The highest BCUT2D eigenvalue weighted by Gasteiger charge is 2.19. The van der Waals surface area contributed by atoms with E-state index in [0.717, 1.165) is 45.7 Å². The molecule has 0 fully saturated rings. The van der Waals surface area contributed by atoms with Crippen LogP contribution in [0.5, 0.6) is 5.75 Å². The lowest BCUT2D eigenvalue weighted by atomic mass is 10.2. The van der Waals surface area contributed by atoms with Crippen molar-refractivity contribution in [3.05, 3.63) is 59.2 Å². The number of methoxy groups -OCH3 is 1. The Hall–Kier alpha value is -2.86. The molecule has 152 valence electrons. The first-order valence-electron chi connectivity index (χ1n) is 9.92. The maximum atomic E-state index is 5.24. The van der Waals surface area contributed by atoms with Gasteiger partial charge >= 0.3 is 0 Å². The summed E-state index contributed by atoms with van der Waals surface area (Å²) in [5.41, 5.74) is 5.29. The average molecular weight is 409 g/mol. The van der Waals surface area contributed by atoms with Crippen LogP contribution in [0.4, 0.5) is 10.9 Å². The van der Waals surface area contributed by atoms with Gasteiger partial charge in [-0.25, -0.2) is 9.97 Å². The van der Waals surface area contributed by atoms with E-state index in [1.165, 1.54) is 5.56 Å². The Morgan fingerprint density at radius 2 is 1.79 bits per heavy atom. The molecule has 5 nitrogen and oxygen atoms in total. The summed E-state index contributed by atoms with van der Waals surface area (Å²) in [7, 11) is 3.73. The molecule has 0 N–H and O–H groups in total. The Balaban J connectivity index is 0.00000117. The summed E-state index contributed by atoms with van der Waals surface area (Å²) in [6.07, 6.45) is 3.00. The number of ether oxygens (including phenoxy) is 1. The first kappa shape index (κ1) is 20.9. The summed E-state index contributed by atoms with van der Waals surface area (Å²) in [6, 6.07) is 12.1. The molecule has 3 heterocycles. The molecule has 0 radical (unpaired) electrons. The number of fused-ring (bicyclic) bond motifs is 1. The second-order valence-corrected chi connectivity index (χ2v) is 7.31. The number of imidazole rings is 1. The lowest BCUT2D eigenvalue weighted by Gasteiger charge is -2.17. The van der Waals surface area contributed by atoms with Crippen molar-refractivity contribution in [3.8, 4) is 17.0 Å². The van der Waals surface area contributed by atoms with Gasteiger partial charge in [0.25, 0.3) is 0 Å². The van der Waals surface area contributed by atoms with Gasteiger partial charge in [-0.3, -0.25) is 4.40 Å². The second kappa shape index (κ2) is 9.09. The van der Waals surface area contributed by atoms with Gasteiger partial charge in [-0.05, 0) is 49.2 Å². The van der Waals surface area contributed by atoms with Crippen LogP contribution in [-0.2, 0) is 6.42 Å². The quantitative estimate of drug-likeness (QED) is 0.398. The fourth-order valence-corrected chi connectivity index (χ4v) is 3.98. The molecule has 0 amide bonds. The number of benzene rings is 1. The molecule has 4 rings (SSSR count). The summed E-state index contributed by atoms with van der Waals surface area (Å²) in [5, 5.41) is 3.03. The Bertz CT molecular complexity index is 1080. The van der Waals surface area contributed by atoms with Crippen molar-refractivity contribution in [1.29, 1.82) is 0 Å². The topological polar surface area (TPSA) is 42.7 Å². The van der Waals surface area contributed by atoms with Crippen LogP contribution in [0.2, 0.25) is 0 Å². The molecule has 0 atom stereocenters. The van der Waals surface area contributed by atoms with Gasteiger partial charge in [0.1, 0.15) is 17.2 Å². The highest BCUT2D eigenvalue weighted by molar-refractivity contribution is 7.14. The number of pyridine rings is 1. The molecule has 0 saturated heterocycles. The molecule has 0 aliphatic carbocycles. The molecule has 0 unspecified atom stereocenters. The predicted octanol–water partition coefficient (Wildman–Crippen LogP) is 6.13. The van der Waals surface area contributed by atoms with Crippen LogP contribution >= 0.6 is 11.3 Å². The van der Waals surface area contributed by atoms with Crippen molar-refractivity contribution in [2.24, 2.45) is 0 Å². The SMILES string of the molecule is CC.CCc1nc2ccc(C)cn2c1N(C)c1nc(-c2ccc(OC)cc2)cs1. The minimum Gasteiger partial charge on any atom is -0.497 e. The minimum absolute atomic E-state index is 0.847. The molecule has 0 aliphatic heterocycles. The molecule has 3 aromatic heterocycles. The lowest BCUT2D eigenvalue weighted by molar-refractivity contribution is 0.415. The monoisotopic (exact) mass is 408 g/mol. The molecule has 0 saturated carbocycles. The molecule has 6 heteroatoms. The van der Waals surface area contributed by atoms with E-state index in [0.29, 0.717) is 0 Å². The number of rotatable bonds is 5. The van der Waals surface area contributed by atoms with Gasteiger partial charge in [0.15, 0.2) is 5.13 Å². The predicted molar refractivity (Wildman–Crippen MR) is 123 cm³/mol. The van der Waals surface area contributed by atoms with Crippen molar-refractivity contribution in [1.82, 2.24) is 14.4 Å². The molecule has 0 spiro atoms. The number of anilines is 2. The van der Waals surface area contributed by atoms with E-state index in [4.69, 9.17) is 14.7 Å². The van der Waals surface area contributed by atoms with Gasteiger partial charge in [0.05, 0.1) is 18.5 Å². The number of hydrogen-bond acceptors (Lipinski definition) is 5. The van der Waals surface area contributed by atoms with Crippen molar-refractivity contribution in [2.45, 2.75) is 34.1 Å². The molecular formula is C23H28N4OS. The van der Waals surface area contributed by atoms with E-state index >= 15 is 0 Å². The molecule has 4 aromatic rings. The third kappa shape index (κ3) is 4.12. The van der Waals surface area contributed by atoms with Crippen LogP contribution in [0.3, 0.4) is 0 Å². The summed E-state index contributed by atoms with van der Waals surface area (Å²) in [6.45, 7) is 8.23. The average Bonchev–Trinajstić information content (AvgIpc) is 3.39. The van der Waals surface area contributed by atoms with Crippen LogP contribution in [0, 0.1) is 6.92 Å². The first-order valence-corrected chi connectivity index (χ1v) is 10.8. The Morgan fingerprint density at radius 1 is 1.07 bits per heavy atom. The Kier molecular flexibility index (Phi) is 6.54. The maximum Gasteiger partial charge on any atom is 0.191 e. The van der Waals surface area contributed by atoms with Gasteiger partial charge in [-0.1, -0.05) is 26.8 Å². The molecule has 1 aromatic carbocycles. The van der Waals surface area contributed by atoms with Crippen LogP contribution in [0.1, 0.15) is 32.0 Å². The fourth-order valence-electron chi connectivity index (χ4n) is 3.18. The summed E-state index contributed by atoms with van der Waals surface area (Å²) >= 11 is 1.64. The van der Waals surface area contributed by atoms with E-state index < -0.39 is 0 Å². The summed E-state index contributed by atoms with van der Waals surface area (Å²) in [5.74, 6) is 1.92. The zero-order valence-electron chi connectivity index (χ0n) is 17.9. The number of aryl methyl sites for hydroxylation is 2. The molecule has 0 aliphatic rings. The number of thiazole rings is 1. The number of nitrogens with zero attached hydrogens (tertiary/aromatic N) is 4. The van der Waals surface area contributed by atoms with Crippen molar-refractivity contribution in [2.75, 3.05) is 19.1 Å². The lowest BCUT2D eigenvalue weighted by Crippen LogP contribution is -2.13. The zero-order valence-corrected chi connectivity index (χ0v) is 18.7. The zero-order chi connectivity index (χ0) is 21.0. The highest BCUT2D eigenvalue weighted by Crippen LogP contribution is 2.34. The van der Waals surface area contributed by atoms with Crippen molar-refractivity contribution >= 4 is 27.9 Å². The Labute approximate surface area is 176 Å². The van der Waals surface area contributed by atoms with Crippen LogP contribution < -0.4 is 9.64 Å². The molecule has 29 heavy (non-hydrogen) atoms. The highest BCUT2D eigenvalue weighted by atomic mass is 32.1. The summed E-state index contributed by atoms with van der Waals surface area (Å²) in [4.78, 5) is 11.8. The minimum atomic E-state index is 0.847. The van der Waals surface area contributed by atoms with E-state index in [1.54, 1.807) is 18.4 Å². The maximum absolute atomic E-state index is 5.24. The first-order chi connectivity index (χ1) is 14.1. The fraction of sp³-hybridized carbons (Fsp3) is 0.304. The summed E-state index contributed by atoms with van der Waals surface area (Å²) < 4.78 is 7.39. The van der Waals surface area contributed by atoms with Crippen molar-refractivity contribution < 1.29 is 4.74 Å². The Morgan fingerprint density at radius 3 is 2.45 bits per heavy atom. The molecule has 0 bridgehead atoms. The number of hydrogen-bond donors (Lipinski definition) is 0. The third-order valence-electron chi connectivity index (χ3n) is 4.63. The van der Waals surface area contributed by atoms with Crippen LogP contribution in [0.25, 0.3) is 16.9 Å². The normalized spacial score (nSPS) is 10.6. The van der Waals surface area contributed by atoms with Crippen LogP contribution in [-0.4, -0.2) is 28.5 Å². The third-order valence-corrected chi connectivity index (χ3v) is 5.55. The van der Waals surface area contributed by atoms with Gasteiger partial charge in [0.2, 0.25) is 0 Å². The van der Waals surface area contributed by atoms with E-state index in [-0.39, 0.29) is 0 Å². The van der Waals surface area contributed by atoms with Crippen molar-refractivity contribution in [3.63, 3.8) is 0 Å². The largest absolute Gasteiger partial charge is 0.497 e. The number of aromatic nitrogens is 3. The second-order valence-electron chi connectivity index (χ2n) is 6.47.